The normalized spacial score (nSPS) is 10.8. The van der Waals surface area contributed by atoms with E-state index in [1.54, 1.807) is 48.5 Å². The largest absolute Gasteiger partial charge is 0.488 e. The molecule has 0 aliphatic rings. The maximum Gasteiger partial charge on any atom is 0.259 e. The fourth-order valence-corrected chi connectivity index (χ4v) is 1.82. The predicted octanol–water partition coefficient (Wildman–Crippen LogP) is 2.80. The Morgan fingerprint density at radius 2 is 1.91 bits per heavy atom. The van der Waals surface area contributed by atoms with Crippen molar-refractivity contribution in [2.75, 3.05) is 0 Å². The second-order valence-corrected chi connectivity index (χ2v) is 4.45. The highest BCUT2D eigenvalue weighted by Crippen LogP contribution is 2.22. The average Bonchev–Trinajstić information content (AvgIpc) is 2.52. The Balaban J connectivity index is 2.24. The first-order chi connectivity index (χ1) is 10.6. The molecule has 0 unspecified atom stereocenters. The second-order valence-electron chi connectivity index (χ2n) is 4.45. The molecule has 5 heteroatoms. The van der Waals surface area contributed by atoms with Gasteiger partial charge in [0.05, 0.1) is 0 Å². The highest BCUT2D eigenvalue weighted by Gasteiger charge is 2.08. The number of primary amides is 1. The molecule has 110 valence electrons. The van der Waals surface area contributed by atoms with Crippen LogP contribution < -0.4 is 10.5 Å². The Morgan fingerprint density at radius 3 is 2.59 bits per heavy atom. The zero-order valence-corrected chi connectivity index (χ0v) is 11.6. The van der Waals surface area contributed by atoms with E-state index in [1.165, 1.54) is 12.1 Å². The Labute approximate surface area is 127 Å². The fraction of sp³-hybridized carbons (Fsp3) is 0.0588. The van der Waals surface area contributed by atoms with E-state index >= 15 is 0 Å². The maximum atomic E-state index is 13.6. The SMILES string of the molecule is N#C/C(=C\c1ccccc1OCc1ccccc1F)C(N)=O. The van der Waals surface area contributed by atoms with Crippen LogP contribution >= 0.6 is 0 Å². The molecule has 0 aliphatic carbocycles. The lowest BCUT2D eigenvalue weighted by molar-refractivity contribution is -0.114. The summed E-state index contributed by atoms with van der Waals surface area (Å²) in [4.78, 5) is 11.1. The van der Waals surface area contributed by atoms with Crippen LogP contribution in [0.3, 0.4) is 0 Å². The first-order valence-corrected chi connectivity index (χ1v) is 6.48. The number of carbonyl (C=O) groups excluding carboxylic acids is 1. The van der Waals surface area contributed by atoms with Crippen LogP contribution in [0.2, 0.25) is 0 Å². The zero-order chi connectivity index (χ0) is 15.9. The number of halogens is 1. The average molecular weight is 296 g/mol. The molecule has 0 fully saturated rings. The molecule has 0 radical (unpaired) electrons. The molecular weight excluding hydrogens is 283 g/mol. The number of nitrogens with zero attached hydrogens (tertiary/aromatic N) is 1. The molecule has 2 aromatic carbocycles. The van der Waals surface area contributed by atoms with Crippen molar-refractivity contribution in [3.05, 3.63) is 71.0 Å². The number of hydrogen-bond donors (Lipinski definition) is 1. The monoisotopic (exact) mass is 296 g/mol. The van der Waals surface area contributed by atoms with Crippen LogP contribution in [0.4, 0.5) is 4.39 Å². The van der Waals surface area contributed by atoms with Gasteiger partial charge in [-0.3, -0.25) is 4.79 Å². The standard InChI is InChI=1S/C17H13FN2O2/c18-15-7-3-1-6-13(15)11-22-16-8-4-2-5-12(16)9-14(10-19)17(20)21/h1-9H,11H2,(H2,20,21)/b14-9+. The van der Waals surface area contributed by atoms with Gasteiger partial charge in [0.25, 0.3) is 5.91 Å². The number of nitrogens with two attached hydrogens (primary N) is 1. The molecular formula is C17H13FN2O2. The smallest absolute Gasteiger partial charge is 0.259 e. The van der Waals surface area contributed by atoms with Gasteiger partial charge in [0.15, 0.2) is 0 Å². The summed E-state index contributed by atoms with van der Waals surface area (Å²) in [7, 11) is 0. The minimum Gasteiger partial charge on any atom is -0.488 e. The van der Waals surface area contributed by atoms with Crippen molar-refractivity contribution in [1.29, 1.82) is 5.26 Å². The number of carbonyl (C=O) groups is 1. The van der Waals surface area contributed by atoms with Gasteiger partial charge in [-0.15, -0.1) is 0 Å². The molecule has 2 aromatic rings. The van der Waals surface area contributed by atoms with Crippen LogP contribution in [-0.2, 0) is 11.4 Å². The number of ether oxygens (including phenoxy) is 1. The minimum atomic E-state index is -0.814. The van der Waals surface area contributed by atoms with Crippen LogP contribution in [0.1, 0.15) is 11.1 Å². The zero-order valence-electron chi connectivity index (χ0n) is 11.6. The first kappa shape index (κ1) is 15.3. The van der Waals surface area contributed by atoms with Crippen molar-refractivity contribution >= 4 is 12.0 Å². The van der Waals surface area contributed by atoms with Crippen molar-refractivity contribution < 1.29 is 13.9 Å². The molecule has 0 atom stereocenters. The Hall–Kier alpha value is -3.13. The fourth-order valence-electron chi connectivity index (χ4n) is 1.82. The van der Waals surface area contributed by atoms with Gasteiger partial charge in [0, 0.05) is 11.1 Å². The number of benzene rings is 2. The number of hydrogen-bond acceptors (Lipinski definition) is 3. The molecule has 2 N–H and O–H groups in total. The van der Waals surface area contributed by atoms with E-state index in [2.05, 4.69) is 0 Å². The lowest BCUT2D eigenvalue weighted by Gasteiger charge is -2.10. The van der Waals surface area contributed by atoms with Gasteiger partial charge in [-0.05, 0) is 18.2 Å². The number of rotatable bonds is 5. The Morgan fingerprint density at radius 1 is 1.23 bits per heavy atom. The summed E-state index contributed by atoms with van der Waals surface area (Å²) in [5.41, 5.74) is 5.87. The highest BCUT2D eigenvalue weighted by atomic mass is 19.1. The maximum absolute atomic E-state index is 13.6. The molecule has 4 nitrogen and oxygen atoms in total. The van der Waals surface area contributed by atoms with Crippen LogP contribution in [0, 0.1) is 17.1 Å². The molecule has 0 heterocycles. The third-order valence-corrected chi connectivity index (χ3v) is 2.95. The van der Waals surface area contributed by atoms with Gasteiger partial charge in [-0.25, -0.2) is 4.39 Å². The first-order valence-electron chi connectivity index (χ1n) is 6.48. The molecule has 0 saturated carbocycles. The van der Waals surface area contributed by atoms with Gasteiger partial charge in [-0.1, -0.05) is 36.4 Å². The van der Waals surface area contributed by atoms with E-state index in [0.29, 0.717) is 16.9 Å². The predicted molar refractivity (Wildman–Crippen MR) is 80.0 cm³/mol. The van der Waals surface area contributed by atoms with E-state index in [9.17, 15) is 9.18 Å². The molecule has 0 saturated heterocycles. The van der Waals surface area contributed by atoms with Gasteiger partial charge in [0.2, 0.25) is 0 Å². The van der Waals surface area contributed by atoms with Crippen molar-refractivity contribution in [2.24, 2.45) is 5.73 Å². The molecule has 0 aromatic heterocycles. The van der Waals surface area contributed by atoms with Gasteiger partial charge in [-0.2, -0.15) is 5.26 Å². The van der Waals surface area contributed by atoms with Crippen molar-refractivity contribution in [2.45, 2.75) is 6.61 Å². The minimum absolute atomic E-state index is 0.0377. The van der Waals surface area contributed by atoms with E-state index in [-0.39, 0.29) is 18.0 Å². The third kappa shape index (κ3) is 3.70. The summed E-state index contributed by atoms with van der Waals surface area (Å²) < 4.78 is 19.2. The summed E-state index contributed by atoms with van der Waals surface area (Å²) in [6.45, 7) is 0.0377. The summed E-state index contributed by atoms with van der Waals surface area (Å²) in [5, 5.41) is 8.88. The van der Waals surface area contributed by atoms with E-state index in [0.717, 1.165) is 0 Å². The van der Waals surface area contributed by atoms with Crippen LogP contribution in [-0.4, -0.2) is 5.91 Å². The van der Waals surface area contributed by atoms with E-state index in [4.69, 9.17) is 15.7 Å². The van der Waals surface area contributed by atoms with Crippen LogP contribution in [0.15, 0.2) is 54.1 Å². The lowest BCUT2D eigenvalue weighted by Crippen LogP contribution is -2.12. The molecule has 0 spiro atoms. The lowest BCUT2D eigenvalue weighted by atomic mass is 10.1. The van der Waals surface area contributed by atoms with Crippen molar-refractivity contribution in [3.8, 4) is 11.8 Å². The molecule has 0 aliphatic heterocycles. The topological polar surface area (TPSA) is 76.1 Å². The van der Waals surface area contributed by atoms with Crippen LogP contribution in [0.5, 0.6) is 5.75 Å². The second kappa shape index (κ2) is 7.04. The van der Waals surface area contributed by atoms with Gasteiger partial charge < -0.3 is 10.5 Å². The third-order valence-electron chi connectivity index (χ3n) is 2.95. The van der Waals surface area contributed by atoms with Crippen molar-refractivity contribution in [3.63, 3.8) is 0 Å². The van der Waals surface area contributed by atoms with Gasteiger partial charge >= 0.3 is 0 Å². The summed E-state index contributed by atoms with van der Waals surface area (Å²) >= 11 is 0. The molecule has 2 rings (SSSR count). The van der Waals surface area contributed by atoms with Crippen LogP contribution in [0.25, 0.3) is 6.08 Å². The van der Waals surface area contributed by atoms with E-state index < -0.39 is 5.91 Å². The summed E-state index contributed by atoms with van der Waals surface area (Å²) in [6, 6.07) is 14.8. The number of amides is 1. The number of nitriles is 1. The van der Waals surface area contributed by atoms with Crippen molar-refractivity contribution in [1.82, 2.24) is 0 Å². The summed E-state index contributed by atoms with van der Waals surface area (Å²) in [5.74, 6) is -0.739. The number of para-hydroxylation sites is 1. The molecule has 22 heavy (non-hydrogen) atoms. The summed E-state index contributed by atoms with van der Waals surface area (Å²) in [6.07, 6.45) is 1.35. The molecule has 1 amide bonds. The molecule has 0 bridgehead atoms. The Bertz CT molecular complexity index is 763. The highest BCUT2D eigenvalue weighted by molar-refractivity contribution is 6.00. The quantitative estimate of drug-likeness (QED) is 0.681. The van der Waals surface area contributed by atoms with E-state index in [1.807, 2.05) is 0 Å². The Kier molecular flexibility index (Phi) is 4.89. The van der Waals surface area contributed by atoms with Gasteiger partial charge in [0.1, 0.15) is 29.8 Å².